The summed E-state index contributed by atoms with van der Waals surface area (Å²) in [5.41, 5.74) is -0.220. The van der Waals surface area contributed by atoms with Gasteiger partial charge in [-0.25, -0.2) is 14.8 Å². The Labute approximate surface area is 139 Å². The Balaban J connectivity index is 1.77. The van der Waals surface area contributed by atoms with Gasteiger partial charge in [-0.2, -0.15) is 5.01 Å². The molecule has 0 saturated carbocycles. The number of carbonyl (C=O) groups is 1. The Bertz CT molecular complexity index is 850. The van der Waals surface area contributed by atoms with Gasteiger partial charge in [-0.1, -0.05) is 0 Å². The van der Waals surface area contributed by atoms with Crippen molar-refractivity contribution in [3.05, 3.63) is 27.9 Å². The van der Waals surface area contributed by atoms with Crippen molar-refractivity contribution in [3.63, 3.8) is 0 Å². The Kier molecular flexibility index (Phi) is 4.43. The van der Waals surface area contributed by atoms with Crippen LogP contribution >= 0.6 is 0 Å². The molecule has 1 aliphatic heterocycles. The third-order valence-corrected chi connectivity index (χ3v) is 3.85. The number of aromatic amines is 1. The maximum atomic E-state index is 11.7. The van der Waals surface area contributed by atoms with Crippen molar-refractivity contribution in [1.29, 1.82) is 0 Å². The second-order valence-corrected chi connectivity index (χ2v) is 5.39. The van der Waals surface area contributed by atoms with Gasteiger partial charge in [0.25, 0.3) is 5.56 Å². The molecule has 1 saturated heterocycles. The summed E-state index contributed by atoms with van der Waals surface area (Å²) in [6.07, 6.45) is -2.23. The predicted molar refractivity (Wildman–Crippen MR) is 81.0 cm³/mol. The number of aliphatic hydroxyl groups is 2. The van der Waals surface area contributed by atoms with E-state index >= 15 is 0 Å². The zero-order chi connectivity index (χ0) is 18.1. The minimum absolute atomic E-state index is 0.0585. The Hall–Kier alpha value is -2.90. The number of aliphatic hydroxyl groups excluding tert-OH is 2. The van der Waals surface area contributed by atoms with Crippen LogP contribution in [0.5, 0.6) is 0 Å². The summed E-state index contributed by atoms with van der Waals surface area (Å²) >= 11 is 0. The number of hydrogen-bond donors (Lipinski definition) is 4. The van der Waals surface area contributed by atoms with Gasteiger partial charge in [0.2, 0.25) is 0 Å². The lowest BCUT2D eigenvalue weighted by Gasteiger charge is -2.16. The maximum Gasteiger partial charge on any atom is 0.340 e. The van der Waals surface area contributed by atoms with E-state index in [1.54, 1.807) is 0 Å². The third kappa shape index (κ3) is 2.95. The first-order valence-corrected chi connectivity index (χ1v) is 7.20. The van der Waals surface area contributed by atoms with Crippen LogP contribution < -0.4 is 10.9 Å². The van der Waals surface area contributed by atoms with E-state index in [0.717, 1.165) is 7.05 Å². The molecular formula is C12H15N7O6. The second-order valence-electron chi connectivity index (χ2n) is 5.39. The zero-order valence-electron chi connectivity index (χ0n) is 12.9. The molecule has 1 aliphatic rings. The van der Waals surface area contributed by atoms with Crippen LogP contribution in [0.15, 0.2) is 22.7 Å². The summed E-state index contributed by atoms with van der Waals surface area (Å²) in [5, 5.41) is 25.6. The lowest BCUT2D eigenvalue weighted by Crippen LogP contribution is -2.42. The molecule has 0 bridgehead atoms. The smallest absolute Gasteiger partial charge is 0.340 e. The van der Waals surface area contributed by atoms with Crippen molar-refractivity contribution in [2.24, 2.45) is 5.29 Å². The predicted octanol–water partition coefficient (Wildman–Crippen LogP) is -1.94. The molecule has 2 amide bonds. The number of ether oxygens (including phenoxy) is 1. The van der Waals surface area contributed by atoms with Crippen LogP contribution in [0, 0.1) is 4.91 Å². The summed E-state index contributed by atoms with van der Waals surface area (Å²) in [5.74, 6) is 0. The highest BCUT2D eigenvalue weighted by atomic mass is 16.6. The molecule has 1 fully saturated rings. The van der Waals surface area contributed by atoms with Gasteiger partial charge in [-0.3, -0.25) is 9.36 Å². The van der Waals surface area contributed by atoms with Gasteiger partial charge in [0.15, 0.2) is 17.4 Å². The van der Waals surface area contributed by atoms with Crippen LogP contribution in [-0.4, -0.2) is 72.7 Å². The van der Waals surface area contributed by atoms with Gasteiger partial charge >= 0.3 is 6.03 Å². The van der Waals surface area contributed by atoms with E-state index in [0.29, 0.717) is 5.01 Å². The normalized spacial score (nSPS) is 25.9. The van der Waals surface area contributed by atoms with Crippen LogP contribution in [0.4, 0.5) is 4.79 Å². The maximum absolute atomic E-state index is 11.7. The van der Waals surface area contributed by atoms with Gasteiger partial charge in [-0.05, 0) is 0 Å². The average molecular weight is 353 g/mol. The van der Waals surface area contributed by atoms with E-state index in [2.05, 4.69) is 25.6 Å². The summed E-state index contributed by atoms with van der Waals surface area (Å²) < 4.78 is 6.89. The van der Waals surface area contributed by atoms with Gasteiger partial charge in [0.05, 0.1) is 17.9 Å². The average Bonchev–Trinajstić information content (AvgIpc) is 3.15. The molecule has 13 nitrogen and oxygen atoms in total. The highest BCUT2D eigenvalue weighted by Crippen LogP contribution is 2.30. The largest absolute Gasteiger partial charge is 0.387 e. The Morgan fingerprint density at radius 3 is 2.96 bits per heavy atom. The number of urea groups is 1. The summed E-state index contributed by atoms with van der Waals surface area (Å²) in [4.78, 5) is 43.7. The Morgan fingerprint density at radius 2 is 2.24 bits per heavy atom. The monoisotopic (exact) mass is 353 g/mol. The third-order valence-electron chi connectivity index (χ3n) is 3.85. The molecule has 4 N–H and O–H groups in total. The molecule has 2 aromatic rings. The van der Waals surface area contributed by atoms with E-state index in [1.807, 2.05) is 0 Å². The molecule has 25 heavy (non-hydrogen) atoms. The highest BCUT2D eigenvalue weighted by Gasteiger charge is 2.44. The van der Waals surface area contributed by atoms with Crippen molar-refractivity contribution in [1.82, 2.24) is 29.8 Å². The Morgan fingerprint density at radius 1 is 1.48 bits per heavy atom. The van der Waals surface area contributed by atoms with Gasteiger partial charge in [-0.15, -0.1) is 4.91 Å². The number of hydrogen-bond acceptors (Lipinski definition) is 9. The van der Waals surface area contributed by atoms with Crippen molar-refractivity contribution < 1.29 is 19.7 Å². The summed E-state index contributed by atoms with van der Waals surface area (Å²) in [6, 6.07) is -0.787. The lowest BCUT2D eigenvalue weighted by molar-refractivity contribution is -0.0336. The molecule has 2 aromatic heterocycles. The van der Waals surface area contributed by atoms with Gasteiger partial charge < -0.3 is 25.3 Å². The van der Waals surface area contributed by atoms with E-state index in [-0.39, 0.29) is 17.7 Å². The first-order valence-electron chi connectivity index (χ1n) is 7.20. The number of carbonyl (C=O) groups excluding carboxylic acids is 1. The zero-order valence-corrected chi connectivity index (χ0v) is 12.9. The molecule has 3 heterocycles. The van der Waals surface area contributed by atoms with Crippen LogP contribution in [0.3, 0.4) is 0 Å². The molecule has 0 radical (unpaired) electrons. The summed E-state index contributed by atoms with van der Waals surface area (Å²) in [7, 11) is 1.16. The number of H-pyrrole nitrogens is 1. The molecule has 3 rings (SSSR count). The van der Waals surface area contributed by atoms with Gasteiger partial charge in [0.1, 0.15) is 18.3 Å². The first-order chi connectivity index (χ1) is 11.9. The minimum Gasteiger partial charge on any atom is -0.387 e. The molecule has 0 aliphatic carbocycles. The number of aromatic nitrogens is 4. The highest BCUT2D eigenvalue weighted by molar-refractivity contribution is 5.73. The number of fused-ring (bicyclic) bond motifs is 1. The van der Waals surface area contributed by atoms with Crippen molar-refractivity contribution in [3.8, 4) is 0 Å². The lowest BCUT2D eigenvalue weighted by atomic mass is 10.1. The number of nitroso groups, excluding NO2 is 1. The standard InChI is InChI=1S/C12H15N7O6/c1-18(17-24)12(23)13-2-5-7(20)8(21)11(25-5)19-4-16-6-9(19)14-3-15-10(6)22/h3-5,7-8,11,20-21H,2H2,1H3,(H,13,23)(H,14,15,22). The SMILES string of the molecule is CN(N=O)C(=O)NCC1OC(n2cnc3c(=O)[nH]cnc32)C(O)C1O. The van der Waals surface area contributed by atoms with Crippen molar-refractivity contribution >= 4 is 17.2 Å². The fourth-order valence-corrected chi connectivity index (χ4v) is 2.52. The second kappa shape index (κ2) is 6.54. The van der Waals surface area contributed by atoms with Crippen LogP contribution in [-0.2, 0) is 4.74 Å². The van der Waals surface area contributed by atoms with E-state index < -0.39 is 36.1 Å². The van der Waals surface area contributed by atoms with E-state index in [1.165, 1.54) is 17.2 Å². The number of amides is 2. The topological polar surface area (TPSA) is 175 Å². The fourth-order valence-electron chi connectivity index (χ4n) is 2.52. The molecule has 4 atom stereocenters. The number of nitrogens with zero attached hydrogens (tertiary/aromatic N) is 5. The van der Waals surface area contributed by atoms with E-state index in [4.69, 9.17) is 4.74 Å². The molecule has 4 unspecified atom stereocenters. The molecular weight excluding hydrogens is 338 g/mol. The van der Waals surface area contributed by atoms with Crippen molar-refractivity contribution in [2.45, 2.75) is 24.5 Å². The number of rotatable bonds is 4. The first kappa shape index (κ1) is 16.9. The fraction of sp³-hybridized carbons (Fsp3) is 0.500. The number of imidazole rings is 1. The van der Waals surface area contributed by atoms with E-state index in [9.17, 15) is 24.7 Å². The molecule has 0 aromatic carbocycles. The number of nitrogens with one attached hydrogen (secondary N) is 2. The quantitative estimate of drug-likeness (QED) is 0.362. The molecule has 0 spiro atoms. The minimum atomic E-state index is -1.35. The van der Waals surface area contributed by atoms with Crippen molar-refractivity contribution in [2.75, 3.05) is 13.6 Å². The van der Waals surface area contributed by atoms with Gasteiger partial charge in [0, 0.05) is 13.6 Å². The summed E-state index contributed by atoms with van der Waals surface area (Å²) in [6.45, 7) is -0.173. The van der Waals surface area contributed by atoms with Crippen LogP contribution in [0.2, 0.25) is 0 Å². The molecule has 13 heteroatoms. The van der Waals surface area contributed by atoms with Crippen LogP contribution in [0.1, 0.15) is 6.23 Å². The molecule has 134 valence electrons. The van der Waals surface area contributed by atoms with Crippen LogP contribution in [0.25, 0.3) is 11.2 Å².